The molecule has 0 atom stereocenters. The van der Waals surface area contributed by atoms with Crippen LogP contribution >= 0.6 is 0 Å². The Hall–Kier alpha value is -3.85. The van der Waals surface area contributed by atoms with Crippen molar-refractivity contribution in [3.8, 4) is 16.8 Å². The van der Waals surface area contributed by atoms with Crippen molar-refractivity contribution in [3.05, 3.63) is 102 Å². The van der Waals surface area contributed by atoms with Gasteiger partial charge in [0.15, 0.2) is 0 Å². The predicted octanol–water partition coefficient (Wildman–Crippen LogP) is 6.00. The first-order chi connectivity index (χ1) is 14.4. The Morgan fingerprint density at radius 3 is 2.28 bits per heavy atom. The van der Waals surface area contributed by atoms with Gasteiger partial charge in [-0.15, -0.1) is 0 Å². The second-order valence-corrected chi connectivity index (χ2v) is 7.70. The normalized spacial score (nSPS) is 12.7. The molecule has 29 heavy (non-hydrogen) atoms. The quantitative estimate of drug-likeness (QED) is 0.347. The summed E-state index contributed by atoms with van der Waals surface area (Å²) in [6.07, 6.45) is 0.951. The van der Waals surface area contributed by atoms with Gasteiger partial charge in [-0.05, 0) is 52.6 Å². The Labute approximate surface area is 167 Å². The van der Waals surface area contributed by atoms with Crippen molar-refractivity contribution >= 4 is 27.8 Å². The van der Waals surface area contributed by atoms with Crippen LogP contribution in [0.2, 0.25) is 0 Å². The third-order valence-corrected chi connectivity index (χ3v) is 6.17. The zero-order chi connectivity index (χ0) is 18.9. The van der Waals surface area contributed by atoms with E-state index in [1.54, 1.807) is 0 Å². The highest BCUT2D eigenvalue weighted by atomic mass is 15.2. The van der Waals surface area contributed by atoms with Gasteiger partial charge in [0.1, 0.15) is 0 Å². The van der Waals surface area contributed by atoms with E-state index in [4.69, 9.17) is 4.98 Å². The van der Waals surface area contributed by atoms with Crippen LogP contribution < -0.4 is 0 Å². The van der Waals surface area contributed by atoms with Crippen LogP contribution in [0.5, 0.6) is 0 Å². The summed E-state index contributed by atoms with van der Waals surface area (Å²) >= 11 is 0. The van der Waals surface area contributed by atoms with Crippen molar-refractivity contribution in [2.24, 2.45) is 0 Å². The third kappa shape index (κ3) is 1.89. The van der Waals surface area contributed by atoms with Crippen LogP contribution in [0.1, 0.15) is 11.1 Å². The molecule has 3 heteroatoms. The van der Waals surface area contributed by atoms with Gasteiger partial charge in [-0.3, -0.25) is 8.97 Å². The Morgan fingerprint density at radius 1 is 0.621 bits per heavy atom. The molecule has 0 unspecified atom stereocenters. The van der Waals surface area contributed by atoms with E-state index in [2.05, 4.69) is 100.0 Å². The highest BCUT2D eigenvalue weighted by Gasteiger charge is 2.24. The van der Waals surface area contributed by atoms with Crippen molar-refractivity contribution in [1.82, 2.24) is 14.0 Å². The molecule has 7 rings (SSSR count). The Kier molecular flexibility index (Phi) is 2.79. The molecule has 1 aliphatic carbocycles. The molecule has 4 aromatic carbocycles. The molecular formula is C26H17N3. The minimum absolute atomic E-state index is 0.951. The maximum absolute atomic E-state index is 5.21. The molecule has 2 aromatic heterocycles. The minimum atomic E-state index is 0.951. The van der Waals surface area contributed by atoms with E-state index in [9.17, 15) is 0 Å². The Bertz CT molecular complexity index is 1570. The Morgan fingerprint density at radius 2 is 1.38 bits per heavy atom. The number of para-hydroxylation sites is 3. The molecule has 0 spiro atoms. The molecule has 136 valence electrons. The summed E-state index contributed by atoms with van der Waals surface area (Å²) in [6.45, 7) is 0. The molecule has 0 aliphatic heterocycles. The lowest BCUT2D eigenvalue weighted by Crippen LogP contribution is -1.94. The molecular weight excluding hydrogens is 354 g/mol. The van der Waals surface area contributed by atoms with E-state index in [-0.39, 0.29) is 0 Å². The fourth-order valence-corrected chi connectivity index (χ4v) is 4.92. The fourth-order valence-electron chi connectivity index (χ4n) is 4.92. The molecule has 3 nitrogen and oxygen atoms in total. The molecule has 0 amide bonds. The van der Waals surface area contributed by atoms with E-state index in [0.717, 1.165) is 23.4 Å². The number of rotatable bonds is 1. The van der Waals surface area contributed by atoms with Gasteiger partial charge in [0.2, 0.25) is 5.78 Å². The van der Waals surface area contributed by atoms with Gasteiger partial charge in [0.05, 0.1) is 22.1 Å². The van der Waals surface area contributed by atoms with E-state index in [1.165, 1.54) is 38.8 Å². The van der Waals surface area contributed by atoms with Gasteiger partial charge in [-0.25, -0.2) is 4.98 Å². The zero-order valence-electron chi connectivity index (χ0n) is 15.7. The maximum Gasteiger partial charge on any atom is 0.220 e. The summed E-state index contributed by atoms with van der Waals surface area (Å²) in [6, 6.07) is 32.3. The number of imidazole rings is 2. The smallest absolute Gasteiger partial charge is 0.220 e. The van der Waals surface area contributed by atoms with Crippen LogP contribution in [-0.4, -0.2) is 14.0 Å². The molecule has 0 saturated carbocycles. The van der Waals surface area contributed by atoms with Gasteiger partial charge in [0, 0.05) is 12.1 Å². The van der Waals surface area contributed by atoms with Crippen LogP contribution in [0.25, 0.3) is 44.7 Å². The zero-order valence-corrected chi connectivity index (χ0v) is 15.7. The monoisotopic (exact) mass is 371 g/mol. The second-order valence-electron chi connectivity index (χ2n) is 7.70. The summed E-state index contributed by atoms with van der Waals surface area (Å²) in [5.74, 6) is 0.969. The Balaban J connectivity index is 1.64. The minimum Gasteiger partial charge on any atom is -0.278 e. The van der Waals surface area contributed by atoms with Crippen molar-refractivity contribution in [2.45, 2.75) is 6.42 Å². The van der Waals surface area contributed by atoms with Gasteiger partial charge in [-0.2, -0.15) is 0 Å². The van der Waals surface area contributed by atoms with Crippen molar-refractivity contribution in [3.63, 3.8) is 0 Å². The summed E-state index contributed by atoms with van der Waals surface area (Å²) < 4.78 is 4.57. The average molecular weight is 371 g/mol. The van der Waals surface area contributed by atoms with E-state index < -0.39 is 0 Å². The lowest BCUT2D eigenvalue weighted by Gasteiger charge is -2.04. The SMILES string of the molecule is c1ccc(-n2c3ccccc3n3c4ccc5c(c4nc23)Cc2ccccc2-5)cc1. The fraction of sp³-hybridized carbons (Fsp3) is 0.0385. The molecule has 0 saturated heterocycles. The molecule has 2 heterocycles. The van der Waals surface area contributed by atoms with Crippen LogP contribution in [-0.2, 0) is 6.42 Å². The number of fused-ring (bicyclic) bond motifs is 9. The summed E-state index contributed by atoms with van der Waals surface area (Å²) in [5.41, 5.74) is 11.2. The second kappa shape index (κ2) is 5.36. The van der Waals surface area contributed by atoms with Crippen LogP contribution in [0.15, 0.2) is 91.0 Å². The number of benzene rings is 4. The summed E-state index contributed by atoms with van der Waals surface area (Å²) in [4.78, 5) is 5.21. The van der Waals surface area contributed by atoms with E-state index in [1.807, 2.05) is 0 Å². The van der Waals surface area contributed by atoms with Crippen molar-refractivity contribution in [1.29, 1.82) is 0 Å². The van der Waals surface area contributed by atoms with Crippen molar-refractivity contribution in [2.75, 3.05) is 0 Å². The molecule has 0 N–H and O–H groups in total. The molecule has 1 aliphatic rings. The lowest BCUT2D eigenvalue weighted by atomic mass is 10.1. The summed E-state index contributed by atoms with van der Waals surface area (Å²) in [5, 5.41) is 0. The maximum atomic E-state index is 5.21. The molecule has 0 radical (unpaired) electrons. The van der Waals surface area contributed by atoms with Crippen molar-refractivity contribution < 1.29 is 0 Å². The van der Waals surface area contributed by atoms with Crippen LogP contribution in [0, 0.1) is 0 Å². The predicted molar refractivity (Wildman–Crippen MR) is 118 cm³/mol. The van der Waals surface area contributed by atoms with Gasteiger partial charge < -0.3 is 0 Å². The van der Waals surface area contributed by atoms with Gasteiger partial charge in [-0.1, -0.05) is 60.7 Å². The summed E-state index contributed by atoms with van der Waals surface area (Å²) in [7, 11) is 0. The van der Waals surface area contributed by atoms with Gasteiger partial charge in [0.25, 0.3) is 0 Å². The first kappa shape index (κ1) is 15.1. The standard InChI is InChI=1S/C26H17N3/c1-2-9-18(10-3-1)28-22-12-6-7-13-23(22)29-24-15-14-20-19-11-5-4-8-17(19)16-21(20)25(24)27-26(28)29/h1-15H,16H2. The third-order valence-electron chi connectivity index (χ3n) is 6.17. The first-order valence-electron chi connectivity index (χ1n) is 9.97. The van der Waals surface area contributed by atoms with E-state index in [0.29, 0.717) is 0 Å². The first-order valence-corrected chi connectivity index (χ1v) is 9.97. The van der Waals surface area contributed by atoms with Gasteiger partial charge >= 0.3 is 0 Å². The largest absolute Gasteiger partial charge is 0.278 e. The highest BCUT2D eigenvalue weighted by Crippen LogP contribution is 2.41. The lowest BCUT2D eigenvalue weighted by molar-refractivity contribution is 1.11. The highest BCUT2D eigenvalue weighted by molar-refractivity contribution is 5.97. The van der Waals surface area contributed by atoms with Crippen LogP contribution in [0.4, 0.5) is 0 Å². The average Bonchev–Trinajstić information content (AvgIpc) is 3.42. The number of nitrogens with zero attached hydrogens (tertiary/aromatic N) is 3. The topological polar surface area (TPSA) is 22.2 Å². The number of hydrogen-bond donors (Lipinski definition) is 0. The number of hydrogen-bond acceptors (Lipinski definition) is 1. The molecule has 0 bridgehead atoms. The molecule has 6 aromatic rings. The molecule has 0 fully saturated rings. The number of aromatic nitrogens is 3. The van der Waals surface area contributed by atoms with Crippen LogP contribution in [0.3, 0.4) is 0 Å². The van der Waals surface area contributed by atoms with E-state index >= 15 is 0 Å².